The highest BCUT2D eigenvalue weighted by Gasteiger charge is 2.36. The number of halogens is 5. The maximum absolute atomic E-state index is 14.8. The lowest BCUT2D eigenvalue weighted by molar-refractivity contribution is -0.140. The van der Waals surface area contributed by atoms with Crippen molar-refractivity contribution >= 4 is 11.9 Å². The number of benzene rings is 2. The Morgan fingerprint density at radius 1 is 0.958 bits per heavy atom. The van der Waals surface area contributed by atoms with E-state index in [2.05, 4.69) is 4.98 Å². The van der Waals surface area contributed by atoms with Gasteiger partial charge in [0.15, 0.2) is 0 Å². The van der Waals surface area contributed by atoms with Crippen molar-refractivity contribution in [1.29, 1.82) is 0 Å². The molecule has 0 saturated carbocycles. The first kappa shape index (κ1) is 38.3. The van der Waals surface area contributed by atoms with Crippen molar-refractivity contribution < 1.29 is 36.6 Å². The van der Waals surface area contributed by atoms with Crippen LogP contribution in [0.5, 0.6) is 0 Å². The number of carboxylic acid groups (broad SMARTS) is 1. The molecule has 48 heavy (non-hydrogen) atoms. The summed E-state index contributed by atoms with van der Waals surface area (Å²) in [5.41, 5.74) is 5.64. The van der Waals surface area contributed by atoms with Crippen molar-refractivity contribution in [2.24, 2.45) is 5.73 Å². The predicted octanol–water partition coefficient (Wildman–Crippen LogP) is 6.56. The Morgan fingerprint density at radius 2 is 1.62 bits per heavy atom. The Balaban J connectivity index is 1.70. The number of aromatic nitrogens is 2. The number of primary amides is 1. The summed E-state index contributed by atoms with van der Waals surface area (Å²) in [6.07, 6.45) is 0.216. The second kappa shape index (κ2) is 16.8. The van der Waals surface area contributed by atoms with E-state index < -0.39 is 54.1 Å². The molecule has 3 N–H and O–H groups in total. The molecule has 0 aliphatic heterocycles. The quantitative estimate of drug-likeness (QED) is 0.123. The summed E-state index contributed by atoms with van der Waals surface area (Å²) in [5, 5.41) is 9.02. The van der Waals surface area contributed by atoms with Crippen LogP contribution in [0.3, 0.4) is 0 Å². The second-order valence-electron chi connectivity index (χ2n) is 12.5. The number of aliphatic carboxylic acids is 1. The Hall–Kier alpha value is -4.13. The van der Waals surface area contributed by atoms with Crippen molar-refractivity contribution in [3.8, 4) is 11.1 Å². The SMILES string of the molecule is Cc1cc(F)cc(CCCCCCCC(C(N)=O)n2cc(CCN(C)C)nc(C)c2=O)c1-c1cc(CCC(=O)O)c(F)c(C(F)(F)F)c1. The largest absolute Gasteiger partial charge is 0.481 e. The maximum atomic E-state index is 14.8. The van der Waals surface area contributed by atoms with Gasteiger partial charge in [-0.15, -0.1) is 0 Å². The molecule has 1 unspecified atom stereocenters. The first-order valence-corrected chi connectivity index (χ1v) is 15.9. The van der Waals surface area contributed by atoms with Crippen LogP contribution in [0.2, 0.25) is 0 Å². The van der Waals surface area contributed by atoms with Crippen LogP contribution in [0.15, 0.2) is 35.3 Å². The summed E-state index contributed by atoms with van der Waals surface area (Å²) in [6.45, 7) is 3.88. The summed E-state index contributed by atoms with van der Waals surface area (Å²) in [6, 6.07) is 3.54. The first-order chi connectivity index (χ1) is 22.5. The van der Waals surface area contributed by atoms with E-state index in [4.69, 9.17) is 10.8 Å². The zero-order valence-corrected chi connectivity index (χ0v) is 27.7. The molecule has 262 valence electrons. The van der Waals surface area contributed by atoms with Crippen LogP contribution in [-0.4, -0.2) is 52.1 Å². The molecule has 0 radical (unpaired) electrons. The molecule has 1 heterocycles. The van der Waals surface area contributed by atoms with Gasteiger partial charge in [0.25, 0.3) is 5.56 Å². The topological polar surface area (TPSA) is 119 Å². The maximum Gasteiger partial charge on any atom is 0.419 e. The van der Waals surface area contributed by atoms with E-state index in [-0.39, 0.29) is 22.4 Å². The minimum Gasteiger partial charge on any atom is -0.481 e. The first-order valence-electron chi connectivity index (χ1n) is 15.9. The summed E-state index contributed by atoms with van der Waals surface area (Å²) in [5.74, 6) is -3.96. The summed E-state index contributed by atoms with van der Waals surface area (Å²) in [7, 11) is 3.85. The fourth-order valence-electron chi connectivity index (χ4n) is 5.87. The van der Waals surface area contributed by atoms with E-state index >= 15 is 0 Å². The third-order valence-corrected chi connectivity index (χ3v) is 8.28. The van der Waals surface area contributed by atoms with E-state index in [0.29, 0.717) is 73.4 Å². The van der Waals surface area contributed by atoms with E-state index in [1.807, 2.05) is 19.0 Å². The van der Waals surface area contributed by atoms with Crippen molar-refractivity contribution in [1.82, 2.24) is 14.5 Å². The number of carbonyl (C=O) groups excluding carboxylic acids is 1. The lowest BCUT2D eigenvalue weighted by Gasteiger charge is -2.19. The lowest BCUT2D eigenvalue weighted by Crippen LogP contribution is -2.35. The molecule has 3 rings (SSSR count). The zero-order chi connectivity index (χ0) is 35.8. The summed E-state index contributed by atoms with van der Waals surface area (Å²) >= 11 is 0. The molecule has 0 aliphatic rings. The smallest absolute Gasteiger partial charge is 0.419 e. The van der Waals surface area contributed by atoms with E-state index in [0.717, 1.165) is 13.0 Å². The molecule has 0 aliphatic carbocycles. The third kappa shape index (κ3) is 10.4. The van der Waals surface area contributed by atoms with Crippen molar-refractivity contribution in [2.45, 2.75) is 90.3 Å². The molecule has 3 aromatic rings. The van der Waals surface area contributed by atoms with E-state index in [1.54, 1.807) is 20.0 Å². The monoisotopic (exact) mass is 678 g/mol. The van der Waals surface area contributed by atoms with Gasteiger partial charge >= 0.3 is 12.1 Å². The molecule has 0 saturated heterocycles. The number of hydrogen-bond acceptors (Lipinski definition) is 5. The molecular weight excluding hydrogens is 635 g/mol. The van der Waals surface area contributed by atoms with Crippen LogP contribution in [0.4, 0.5) is 22.0 Å². The molecule has 2 aromatic carbocycles. The molecule has 1 amide bonds. The molecule has 0 fully saturated rings. The molecule has 0 spiro atoms. The van der Waals surface area contributed by atoms with Crippen LogP contribution >= 0.6 is 0 Å². The highest BCUT2D eigenvalue weighted by molar-refractivity contribution is 5.78. The van der Waals surface area contributed by atoms with Crippen molar-refractivity contribution in [2.75, 3.05) is 20.6 Å². The zero-order valence-electron chi connectivity index (χ0n) is 27.7. The number of rotatable bonds is 17. The standard InChI is InChI=1S/C35H43F5N4O4/c1-21-16-26(36)18-23(31(21)25-17-24(12-13-30(45)46)32(37)28(19-25)35(38,39)40)10-8-6-5-7-9-11-29(33(41)47)44-20-27(14-15-43(3)4)42-22(2)34(44)48/h16-20,29H,5-15H2,1-4H3,(H2,41,47)(H,45,46). The average molecular weight is 679 g/mol. The molecule has 8 nitrogen and oxygen atoms in total. The molecule has 1 aromatic heterocycles. The number of aryl methyl sites for hydroxylation is 4. The Bertz CT molecular complexity index is 1670. The fraction of sp³-hybridized carbons (Fsp3) is 0.486. The van der Waals surface area contributed by atoms with Gasteiger partial charge < -0.3 is 15.7 Å². The van der Waals surface area contributed by atoms with Crippen LogP contribution < -0.4 is 11.3 Å². The van der Waals surface area contributed by atoms with Crippen LogP contribution in [0, 0.1) is 25.5 Å². The van der Waals surface area contributed by atoms with Gasteiger partial charge in [0.2, 0.25) is 5.91 Å². The highest BCUT2D eigenvalue weighted by Crippen LogP contribution is 2.39. The van der Waals surface area contributed by atoms with Crippen LogP contribution in [0.25, 0.3) is 11.1 Å². The van der Waals surface area contributed by atoms with Gasteiger partial charge in [-0.3, -0.25) is 23.9 Å². The number of hydrogen-bond donors (Lipinski definition) is 2. The predicted molar refractivity (Wildman–Crippen MR) is 173 cm³/mol. The lowest BCUT2D eigenvalue weighted by atomic mass is 9.89. The van der Waals surface area contributed by atoms with Gasteiger partial charge in [0, 0.05) is 25.6 Å². The summed E-state index contributed by atoms with van der Waals surface area (Å²) < 4.78 is 72.0. The Labute approximate surface area is 276 Å². The molecular formula is C35H43F5N4O4. The van der Waals surface area contributed by atoms with Gasteiger partial charge in [0.1, 0.15) is 23.4 Å². The Morgan fingerprint density at radius 3 is 2.25 bits per heavy atom. The van der Waals surface area contributed by atoms with Gasteiger partial charge in [0.05, 0.1) is 11.3 Å². The number of nitrogens with two attached hydrogens (primary N) is 1. The highest BCUT2D eigenvalue weighted by atomic mass is 19.4. The van der Waals surface area contributed by atoms with Gasteiger partial charge in [-0.05, 0) is 106 Å². The number of alkyl halides is 3. The average Bonchev–Trinajstić information content (AvgIpc) is 2.98. The molecule has 13 heteroatoms. The fourth-order valence-corrected chi connectivity index (χ4v) is 5.87. The number of amides is 1. The number of carboxylic acids is 1. The number of nitrogens with zero attached hydrogens (tertiary/aromatic N) is 3. The molecule has 0 bridgehead atoms. The minimum atomic E-state index is -5.02. The van der Waals surface area contributed by atoms with E-state index in [9.17, 15) is 36.3 Å². The number of likely N-dealkylation sites (N-methyl/N-ethyl adjacent to an activating group) is 1. The van der Waals surface area contributed by atoms with E-state index in [1.165, 1.54) is 22.8 Å². The van der Waals surface area contributed by atoms with Crippen molar-refractivity contribution in [3.05, 3.63) is 86.1 Å². The minimum absolute atomic E-state index is 0.0422. The third-order valence-electron chi connectivity index (χ3n) is 8.28. The summed E-state index contributed by atoms with van der Waals surface area (Å²) in [4.78, 5) is 42.6. The van der Waals surface area contributed by atoms with Crippen LogP contribution in [0.1, 0.15) is 84.6 Å². The second-order valence-corrected chi connectivity index (χ2v) is 12.5. The van der Waals surface area contributed by atoms with Crippen molar-refractivity contribution in [3.63, 3.8) is 0 Å². The Kier molecular flexibility index (Phi) is 13.4. The van der Waals surface area contributed by atoms with Gasteiger partial charge in [-0.2, -0.15) is 13.2 Å². The van der Waals surface area contributed by atoms with Gasteiger partial charge in [-0.25, -0.2) is 8.78 Å². The number of carbonyl (C=O) groups is 2. The normalized spacial score (nSPS) is 12.5. The molecule has 1 atom stereocenters. The van der Waals surface area contributed by atoms with Gasteiger partial charge in [-0.1, -0.05) is 25.7 Å². The number of unbranched alkanes of at least 4 members (excludes halogenated alkanes) is 4. The van der Waals surface area contributed by atoms with Crippen LogP contribution in [-0.2, 0) is 35.0 Å².